The molecule has 2 N–H and O–H groups in total. The second-order valence-electron chi connectivity index (χ2n) is 5.03. The molecule has 0 aliphatic rings. The number of phenols is 2. The molecule has 2 nitrogen and oxygen atoms in total. The number of benzene rings is 3. The standard InChI is InChI=1S/C19H16O2/c1-13-18(20)16(14-8-4-2-5-9-14)12-17(19(13)21)15-10-6-3-7-11-15/h2-12,20-21H,1H3. The van der Waals surface area contributed by atoms with E-state index in [0.29, 0.717) is 5.56 Å². The highest BCUT2D eigenvalue weighted by atomic mass is 16.3. The van der Waals surface area contributed by atoms with Crippen molar-refractivity contribution in [3.05, 3.63) is 72.3 Å². The first kappa shape index (κ1) is 13.3. The maximum absolute atomic E-state index is 10.3. The number of phenolic OH excluding ortho intramolecular Hbond substituents is 2. The van der Waals surface area contributed by atoms with E-state index in [0.717, 1.165) is 22.3 Å². The summed E-state index contributed by atoms with van der Waals surface area (Å²) in [7, 11) is 0. The summed E-state index contributed by atoms with van der Waals surface area (Å²) in [5, 5.41) is 20.7. The molecule has 0 saturated carbocycles. The first-order chi connectivity index (χ1) is 10.2. The highest BCUT2D eigenvalue weighted by Gasteiger charge is 2.16. The smallest absolute Gasteiger partial charge is 0.130 e. The van der Waals surface area contributed by atoms with Crippen LogP contribution in [0, 0.1) is 6.92 Å². The molecule has 0 atom stereocenters. The third-order valence-electron chi connectivity index (χ3n) is 3.68. The normalized spacial score (nSPS) is 10.5. The fourth-order valence-corrected chi connectivity index (χ4v) is 2.47. The predicted molar refractivity (Wildman–Crippen MR) is 85.4 cm³/mol. The van der Waals surface area contributed by atoms with Crippen LogP contribution in [0.1, 0.15) is 5.56 Å². The lowest BCUT2D eigenvalue weighted by Crippen LogP contribution is -1.88. The molecule has 21 heavy (non-hydrogen) atoms. The minimum absolute atomic E-state index is 0.124. The SMILES string of the molecule is Cc1c(O)c(-c2ccccc2)cc(-c2ccccc2)c1O. The van der Waals surface area contributed by atoms with Crippen molar-refractivity contribution in [1.29, 1.82) is 0 Å². The molecule has 0 unspecified atom stereocenters. The lowest BCUT2D eigenvalue weighted by atomic mass is 9.94. The van der Waals surface area contributed by atoms with E-state index in [1.165, 1.54) is 0 Å². The first-order valence-corrected chi connectivity index (χ1v) is 6.85. The molecular weight excluding hydrogens is 260 g/mol. The second kappa shape index (κ2) is 5.33. The number of hydrogen-bond acceptors (Lipinski definition) is 2. The average molecular weight is 276 g/mol. The van der Waals surface area contributed by atoms with Crippen LogP contribution < -0.4 is 0 Å². The van der Waals surface area contributed by atoms with Crippen LogP contribution in [0.25, 0.3) is 22.3 Å². The van der Waals surface area contributed by atoms with Crippen LogP contribution in [-0.4, -0.2) is 10.2 Å². The van der Waals surface area contributed by atoms with Crippen LogP contribution in [-0.2, 0) is 0 Å². The third kappa shape index (κ3) is 2.36. The molecule has 0 radical (unpaired) electrons. The molecular formula is C19H16O2. The second-order valence-corrected chi connectivity index (χ2v) is 5.03. The third-order valence-corrected chi connectivity index (χ3v) is 3.68. The van der Waals surface area contributed by atoms with Crippen molar-refractivity contribution in [3.8, 4) is 33.8 Å². The summed E-state index contributed by atoms with van der Waals surface area (Å²) in [5.41, 5.74) is 3.80. The van der Waals surface area contributed by atoms with Crippen molar-refractivity contribution in [2.75, 3.05) is 0 Å². The Morgan fingerprint density at radius 1 is 0.619 bits per heavy atom. The summed E-state index contributed by atoms with van der Waals surface area (Å²) >= 11 is 0. The van der Waals surface area contributed by atoms with E-state index < -0.39 is 0 Å². The Morgan fingerprint density at radius 3 is 1.38 bits per heavy atom. The largest absolute Gasteiger partial charge is 0.507 e. The molecule has 3 aromatic rings. The van der Waals surface area contributed by atoms with Gasteiger partial charge in [0, 0.05) is 16.7 Å². The van der Waals surface area contributed by atoms with Crippen LogP contribution in [0.3, 0.4) is 0 Å². The van der Waals surface area contributed by atoms with Crippen LogP contribution in [0.4, 0.5) is 0 Å². The van der Waals surface area contributed by atoms with E-state index in [1.807, 2.05) is 66.7 Å². The summed E-state index contributed by atoms with van der Waals surface area (Å²) in [4.78, 5) is 0. The van der Waals surface area contributed by atoms with Gasteiger partial charge < -0.3 is 10.2 Å². The highest BCUT2D eigenvalue weighted by molar-refractivity contribution is 5.83. The van der Waals surface area contributed by atoms with Crippen molar-refractivity contribution in [2.24, 2.45) is 0 Å². The molecule has 0 aliphatic heterocycles. The molecule has 104 valence electrons. The lowest BCUT2D eigenvalue weighted by molar-refractivity contribution is 0.446. The van der Waals surface area contributed by atoms with Gasteiger partial charge in [-0.05, 0) is 24.1 Å². The lowest BCUT2D eigenvalue weighted by Gasteiger charge is -2.14. The van der Waals surface area contributed by atoms with Crippen molar-refractivity contribution in [2.45, 2.75) is 6.92 Å². The summed E-state index contributed by atoms with van der Waals surface area (Å²) in [5.74, 6) is 0.247. The molecule has 0 spiro atoms. The molecule has 3 rings (SSSR count). The van der Waals surface area contributed by atoms with E-state index in [-0.39, 0.29) is 11.5 Å². The highest BCUT2D eigenvalue weighted by Crippen LogP contribution is 2.43. The van der Waals surface area contributed by atoms with Gasteiger partial charge in [0.1, 0.15) is 11.5 Å². The zero-order valence-electron chi connectivity index (χ0n) is 11.7. The maximum Gasteiger partial charge on any atom is 0.130 e. The quantitative estimate of drug-likeness (QED) is 0.709. The van der Waals surface area contributed by atoms with Gasteiger partial charge in [-0.2, -0.15) is 0 Å². The van der Waals surface area contributed by atoms with E-state index in [9.17, 15) is 10.2 Å². The molecule has 0 heterocycles. The molecule has 0 bridgehead atoms. The molecule has 0 amide bonds. The van der Waals surface area contributed by atoms with Crippen molar-refractivity contribution < 1.29 is 10.2 Å². The Morgan fingerprint density at radius 2 is 1.00 bits per heavy atom. The predicted octanol–water partition coefficient (Wildman–Crippen LogP) is 4.74. The van der Waals surface area contributed by atoms with Gasteiger partial charge in [0.05, 0.1) is 0 Å². The van der Waals surface area contributed by atoms with Gasteiger partial charge in [0.25, 0.3) is 0 Å². The Kier molecular flexibility index (Phi) is 3.36. The van der Waals surface area contributed by atoms with E-state index in [1.54, 1.807) is 6.92 Å². The number of rotatable bonds is 2. The van der Waals surface area contributed by atoms with Gasteiger partial charge in [0.15, 0.2) is 0 Å². The van der Waals surface area contributed by atoms with Gasteiger partial charge in [-0.25, -0.2) is 0 Å². The van der Waals surface area contributed by atoms with Crippen molar-refractivity contribution >= 4 is 0 Å². The summed E-state index contributed by atoms with van der Waals surface area (Å²) < 4.78 is 0. The van der Waals surface area contributed by atoms with Crippen LogP contribution in [0.15, 0.2) is 66.7 Å². The molecule has 0 aliphatic carbocycles. The minimum atomic E-state index is 0.124. The molecule has 2 heteroatoms. The van der Waals surface area contributed by atoms with Crippen molar-refractivity contribution in [1.82, 2.24) is 0 Å². The minimum Gasteiger partial charge on any atom is -0.507 e. The van der Waals surface area contributed by atoms with Gasteiger partial charge in [-0.15, -0.1) is 0 Å². The van der Waals surface area contributed by atoms with Crippen LogP contribution >= 0.6 is 0 Å². The summed E-state index contributed by atoms with van der Waals surface area (Å²) in [6.45, 7) is 1.73. The Bertz CT molecular complexity index is 699. The molecule has 0 saturated heterocycles. The van der Waals surface area contributed by atoms with Crippen molar-refractivity contribution in [3.63, 3.8) is 0 Å². The molecule has 0 aromatic heterocycles. The van der Waals surface area contributed by atoms with Gasteiger partial charge in [0.2, 0.25) is 0 Å². The van der Waals surface area contributed by atoms with Crippen LogP contribution in [0.2, 0.25) is 0 Å². The Balaban J connectivity index is 2.26. The van der Waals surface area contributed by atoms with Gasteiger partial charge in [-0.3, -0.25) is 0 Å². The van der Waals surface area contributed by atoms with E-state index in [4.69, 9.17) is 0 Å². The average Bonchev–Trinajstić information content (AvgIpc) is 2.55. The zero-order chi connectivity index (χ0) is 14.8. The van der Waals surface area contributed by atoms with E-state index in [2.05, 4.69) is 0 Å². The maximum atomic E-state index is 10.3. The van der Waals surface area contributed by atoms with Gasteiger partial charge >= 0.3 is 0 Å². The van der Waals surface area contributed by atoms with Gasteiger partial charge in [-0.1, -0.05) is 60.7 Å². The Hall–Kier alpha value is -2.74. The molecule has 3 aromatic carbocycles. The summed E-state index contributed by atoms with van der Waals surface area (Å²) in [6, 6.07) is 21.2. The summed E-state index contributed by atoms with van der Waals surface area (Å²) in [6.07, 6.45) is 0. The zero-order valence-corrected chi connectivity index (χ0v) is 11.7. The fourth-order valence-electron chi connectivity index (χ4n) is 2.47. The monoisotopic (exact) mass is 276 g/mol. The van der Waals surface area contributed by atoms with E-state index >= 15 is 0 Å². The van der Waals surface area contributed by atoms with Crippen LogP contribution in [0.5, 0.6) is 11.5 Å². The Labute approximate surface area is 123 Å². The first-order valence-electron chi connectivity index (χ1n) is 6.85. The number of aromatic hydroxyl groups is 2. The fraction of sp³-hybridized carbons (Fsp3) is 0.0526. The number of hydrogen-bond donors (Lipinski definition) is 2. The molecule has 0 fully saturated rings. The topological polar surface area (TPSA) is 40.5 Å².